The van der Waals surface area contributed by atoms with Crippen molar-refractivity contribution in [3.05, 3.63) is 59.4 Å². The smallest absolute Gasteiger partial charge is 0.235 e. The zero-order chi connectivity index (χ0) is 16.0. The molecule has 0 saturated heterocycles. The molecule has 1 aromatic carbocycles. The van der Waals surface area contributed by atoms with Gasteiger partial charge in [0.2, 0.25) is 5.91 Å². The Morgan fingerprint density at radius 1 is 1.22 bits per heavy atom. The van der Waals surface area contributed by atoms with Gasteiger partial charge in [-0.2, -0.15) is 0 Å². The Balaban J connectivity index is 1.63. The Bertz CT molecular complexity index is 892. The Morgan fingerprint density at radius 3 is 2.65 bits per heavy atom. The minimum absolute atomic E-state index is 0.0646. The first-order valence-corrected chi connectivity index (χ1v) is 7.92. The number of fused-ring (bicyclic) bond motifs is 1. The largest absolute Gasteiger partial charge is 0.343 e. The number of aromatic nitrogens is 2. The molecule has 0 unspecified atom stereocenters. The highest BCUT2D eigenvalue weighted by Gasteiger charge is 2.51. The first-order valence-electron chi connectivity index (χ1n) is 7.92. The molecule has 1 aliphatic carbocycles. The molecule has 0 aliphatic heterocycles. The number of anilines is 1. The Labute approximate surface area is 134 Å². The molecule has 4 rings (SSSR count). The van der Waals surface area contributed by atoms with Crippen LogP contribution >= 0.6 is 0 Å². The van der Waals surface area contributed by atoms with Crippen LogP contribution in [0, 0.1) is 13.8 Å². The molecule has 0 radical (unpaired) electrons. The second-order valence-electron chi connectivity index (χ2n) is 6.40. The fourth-order valence-electron chi connectivity index (χ4n) is 3.17. The molecule has 1 aliphatic rings. The number of aryl methyl sites for hydroxylation is 2. The van der Waals surface area contributed by atoms with Crippen LogP contribution in [0.4, 0.5) is 5.69 Å². The highest BCUT2D eigenvalue weighted by Crippen LogP contribution is 2.48. The maximum Gasteiger partial charge on any atom is 0.235 e. The molecule has 4 nitrogen and oxygen atoms in total. The third kappa shape index (κ3) is 2.22. The quantitative estimate of drug-likeness (QED) is 0.772. The topological polar surface area (TPSA) is 57.8 Å². The molecule has 3 aromatic rings. The molecule has 1 amide bonds. The van der Waals surface area contributed by atoms with E-state index < -0.39 is 0 Å². The van der Waals surface area contributed by atoms with Crippen LogP contribution < -0.4 is 5.32 Å². The molecule has 2 heterocycles. The molecule has 2 N–H and O–H groups in total. The summed E-state index contributed by atoms with van der Waals surface area (Å²) >= 11 is 0. The fourth-order valence-corrected chi connectivity index (χ4v) is 3.17. The number of H-pyrrole nitrogens is 1. The Hall–Kier alpha value is -2.62. The van der Waals surface area contributed by atoms with Crippen molar-refractivity contribution >= 4 is 22.6 Å². The highest BCUT2D eigenvalue weighted by atomic mass is 16.2. The molecule has 0 atom stereocenters. The molecular weight excluding hydrogens is 286 g/mol. The monoisotopic (exact) mass is 305 g/mol. The highest BCUT2D eigenvalue weighted by molar-refractivity contribution is 6.02. The van der Waals surface area contributed by atoms with E-state index >= 15 is 0 Å². The number of amides is 1. The van der Waals surface area contributed by atoms with Gasteiger partial charge in [-0.25, -0.2) is 4.98 Å². The van der Waals surface area contributed by atoms with E-state index in [-0.39, 0.29) is 11.3 Å². The number of rotatable bonds is 3. The van der Waals surface area contributed by atoms with Crippen LogP contribution in [0.15, 0.2) is 42.6 Å². The maximum absolute atomic E-state index is 12.8. The van der Waals surface area contributed by atoms with Gasteiger partial charge in [-0.3, -0.25) is 4.79 Å². The normalized spacial score (nSPS) is 15.6. The van der Waals surface area contributed by atoms with Crippen LogP contribution in [-0.4, -0.2) is 15.9 Å². The number of hydrogen-bond donors (Lipinski definition) is 2. The van der Waals surface area contributed by atoms with Gasteiger partial charge in [-0.05, 0) is 43.9 Å². The lowest BCUT2D eigenvalue weighted by Gasteiger charge is -2.15. The van der Waals surface area contributed by atoms with Crippen LogP contribution in [0.5, 0.6) is 0 Å². The number of nitrogens with zero attached hydrogens (tertiary/aromatic N) is 1. The number of hydrogen-bond acceptors (Lipinski definition) is 2. The van der Waals surface area contributed by atoms with Crippen molar-refractivity contribution in [3.8, 4) is 0 Å². The van der Waals surface area contributed by atoms with Crippen LogP contribution in [0.25, 0.3) is 11.0 Å². The van der Waals surface area contributed by atoms with Gasteiger partial charge in [0.05, 0.1) is 17.3 Å². The van der Waals surface area contributed by atoms with E-state index in [0.717, 1.165) is 40.8 Å². The molecular formula is C19H19N3O. The van der Waals surface area contributed by atoms with E-state index in [1.165, 1.54) is 5.56 Å². The van der Waals surface area contributed by atoms with Crippen molar-refractivity contribution in [2.75, 3.05) is 5.32 Å². The molecule has 2 aromatic heterocycles. The van der Waals surface area contributed by atoms with Gasteiger partial charge >= 0.3 is 0 Å². The lowest BCUT2D eigenvalue weighted by atomic mass is 9.95. The van der Waals surface area contributed by atoms with E-state index in [4.69, 9.17) is 0 Å². The minimum Gasteiger partial charge on any atom is -0.343 e. The average Bonchev–Trinajstić information content (AvgIpc) is 3.33. The second-order valence-corrected chi connectivity index (χ2v) is 6.40. The first-order chi connectivity index (χ1) is 11.1. The van der Waals surface area contributed by atoms with E-state index in [9.17, 15) is 4.79 Å². The first kappa shape index (κ1) is 14.0. The summed E-state index contributed by atoms with van der Waals surface area (Å²) in [5.41, 5.74) is 4.64. The van der Waals surface area contributed by atoms with E-state index in [1.807, 2.05) is 43.3 Å². The average molecular weight is 305 g/mol. The summed E-state index contributed by atoms with van der Waals surface area (Å²) in [5.74, 6) is 0.0646. The molecule has 0 spiro atoms. The predicted molar refractivity (Wildman–Crippen MR) is 91.6 cm³/mol. The van der Waals surface area contributed by atoms with Crippen LogP contribution in [0.1, 0.15) is 29.7 Å². The summed E-state index contributed by atoms with van der Waals surface area (Å²) in [6, 6.07) is 12.0. The standard InChI is InChI=1S/C19H19N3O/c1-12-13(2)21-17-16(12)10-15(11-20-17)22-18(23)19(8-9-19)14-6-4-3-5-7-14/h3-7,10-11H,8-9H2,1-2H3,(H,20,21)(H,22,23). The van der Waals surface area contributed by atoms with Gasteiger partial charge in [0.25, 0.3) is 0 Å². The Morgan fingerprint density at radius 2 is 1.96 bits per heavy atom. The van der Waals surface area contributed by atoms with Gasteiger partial charge in [0.15, 0.2) is 0 Å². The third-order valence-electron chi connectivity index (χ3n) is 4.93. The van der Waals surface area contributed by atoms with Crippen LogP contribution in [0.2, 0.25) is 0 Å². The van der Waals surface area contributed by atoms with Gasteiger partial charge in [-0.15, -0.1) is 0 Å². The SMILES string of the molecule is Cc1[nH]c2ncc(NC(=O)C3(c4ccccc4)CC3)cc2c1C. The van der Waals surface area contributed by atoms with Crippen molar-refractivity contribution in [3.63, 3.8) is 0 Å². The van der Waals surface area contributed by atoms with Crippen molar-refractivity contribution in [1.29, 1.82) is 0 Å². The van der Waals surface area contributed by atoms with Crippen molar-refractivity contribution < 1.29 is 4.79 Å². The second kappa shape index (κ2) is 4.95. The molecule has 116 valence electrons. The molecule has 4 heteroatoms. The van der Waals surface area contributed by atoms with Gasteiger partial charge < -0.3 is 10.3 Å². The maximum atomic E-state index is 12.8. The number of benzene rings is 1. The molecule has 23 heavy (non-hydrogen) atoms. The van der Waals surface area contributed by atoms with E-state index in [1.54, 1.807) is 6.20 Å². The molecule has 0 bridgehead atoms. The summed E-state index contributed by atoms with van der Waals surface area (Å²) in [6.07, 6.45) is 3.53. The number of aromatic amines is 1. The van der Waals surface area contributed by atoms with E-state index in [0.29, 0.717) is 0 Å². The fraction of sp³-hybridized carbons (Fsp3) is 0.263. The van der Waals surface area contributed by atoms with Gasteiger partial charge in [0, 0.05) is 11.1 Å². The summed E-state index contributed by atoms with van der Waals surface area (Å²) in [7, 11) is 0. The van der Waals surface area contributed by atoms with Gasteiger partial charge in [-0.1, -0.05) is 30.3 Å². The number of pyridine rings is 1. The summed E-state index contributed by atoms with van der Waals surface area (Å²) in [5, 5.41) is 4.12. The lowest BCUT2D eigenvalue weighted by molar-refractivity contribution is -0.118. The number of carbonyl (C=O) groups is 1. The zero-order valence-corrected chi connectivity index (χ0v) is 13.3. The lowest BCUT2D eigenvalue weighted by Crippen LogP contribution is -2.27. The predicted octanol–water partition coefficient (Wildman–Crippen LogP) is 3.85. The summed E-state index contributed by atoms with van der Waals surface area (Å²) in [4.78, 5) is 20.4. The third-order valence-corrected chi connectivity index (χ3v) is 4.93. The Kier molecular flexibility index (Phi) is 3.01. The molecule has 1 fully saturated rings. The van der Waals surface area contributed by atoms with Crippen molar-refractivity contribution in [1.82, 2.24) is 9.97 Å². The van der Waals surface area contributed by atoms with Crippen LogP contribution in [0.3, 0.4) is 0 Å². The van der Waals surface area contributed by atoms with E-state index in [2.05, 4.69) is 22.2 Å². The zero-order valence-electron chi connectivity index (χ0n) is 13.3. The summed E-state index contributed by atoms with van der Waals surface area (Å²) < 4.78 is 0. The van der Waals surface area contributed by atoms with Gasteiger partial charge in [0.1, 0.15) is 5.65 Å². The number of carbonyl (C=O) groups excluding carboxylic acids is 1. The summed E-state index contributed by atoms with van der Waals surface area (Å²) in [6.45, 7) is 4.09. The van der Waals surface area contributed by atoms with Crippen molar-refractivity contribution in [2.24, 2.45) is 0 Å². The van der Waals surface area contributed by atoms with Crippen molar-refractivity contribution in [2.45, 2.75) is 32.1 Å². The minimum atomic E-state index is -0.362. The molecule has 1 saturated carbocycles. The number of nitrogens with one attached hydrogen (secondary N) is 2. The van der Waals surface area contributed by atoms with Crippen LogP contribution in [-0.2, 0) is 10.2 Å².